The van der Waals surface area contributed by atoms with Crippen molar-refractivity contribution in [1.82, 2.24) is 4.57 Å². The molecule has 0 aliphatic rings. The fraction of sp³-hybridized carbons (Fsp3) is 0.0870. The number of rotatable bonds is 7. The molecule has 2 radical (unpaired) electrons. The lowest BCUT2D eigenvalue weighted by molar-refractivity contribution is 0.590. The first-order chi connectivity index (χ1) is 23.9. The van der Waals surface area contributed by atoms with Gasteiger partial charge in [-0.3, -0.25) is 0 Å². The van der Waals surface area contributed by atoms with Gasteiger partial charge in [0.05, 0.1) is 11.0 Å². The van der Waals surface area contributed by atoms with Crippen molar-refractivity contribution in [3.63, 3.8) is 0 Å². The SMILES string of the molecule is CC(C)(C)c1ccc(-n2c3ccc([Si]c4ccccc4)cc3c3cc([Si](c4ccccc4)(c4ccccc4)c4ccccc4)ccc32)cc1. The Morgan fingerprint density at radius 1 is 0.429 bits per heavy atom. The lowest BCUT2D eigenvalue weighted by Gasteiger charge is -2.34. The lowest BCUT2D eigenvalue weighted by Crippen LogP contribution is -2.74. The summed E-state index contributed by atoms with van der Waals surface area (Å²) in [6.45, 7) is 6.84. The zero-order valence-electron chi connectivity index (χ0n) is 28.3. The standard InChI is InChI=1S/C46H39NSi2/c1-46(2,3)34-24-26-35(27-25-34)47-44-30-28-37(48-36-16-8-4-9-17-36)32-42(44)43-33-41(29-31-45(43)47)49(38-18-10-5-11-19-38,39-20-12-6-13-21-39)40-22-14-7-15-23-40/h4-33H,1-3H3. The molecule has 0 amide bonds. The van der Waals surface area contributed by atoms with Gasteiger partial charge >= 0.3 is 0 Å². The van der Waals surface area contributed by atoms with E-state index in [-0.39, 0.29) is 5.41 Å². The molecule has 0 atom stereocenters. The smallest absolute Gasteiger partial charge is 0.179 e. The zero-order chi connectivity index (χ0) is 33.4. The topological polar surface area (TPSA) is 4.93 Å². The van der Waals surface area contributed by atoms with Gasteiger partial charge < -0.3 is 4.57 Å². The second kappa shape index (κ2) is 12.7. The molecule has 49 heavy (non-hydrogen) atoms. The van der Waals surface area contributed by atoms with E-state index in [1.165, 1.54) is 64.2 Å². The molecule has 236 valence electrons. The van der Waals surface area contributed by atoms with Gasteiger partial charge in [0, 0.05) is 16.5 Å². The molecule has 1 aromatic heterocycles. The van der Waals surface area contributed by atoms with Crippen LogP contribution < -0.4 is 31.1 Å². The maximum atomic E-state index is 2.53. The number of nitrogens with zero attached hydrogens (tertiary/aromatic N) is 1. The lowest BCUT2D eigenvalue weighted by atomic mass is 9.87. The van der Waals surface area contributed by atoms with E-state index < -0.39 is 8.07 Å². The highest BCUT2D eigenvalue weighted by Crippen LogP contribution is 2.33. The fourth-order valence-electron chi connectivity index (χ4n) is 7.48. The van der Waals surface area contributed by atoms with Crippen LogP contribution >= 0.6 is 0 Å². The Labute approximate surface area is 293 Å². The fourth-order valence-corrected chi connectivity index (χ4v) is 13.3. The number of aromatic nitrogens is 1. The van der Waals surface area contributed by atoms with E-state index in [9.17, 15) is 0 Å². The molecule has 3 heteroatoms. The minimum Gasteiger partial charge on any atom is -0.309 e. The van der Waals surface area contributed by atoms with Crippen molar-refractivity contribution in [2.75, 3.05) is 0 Å². The molecular weight excluding hydrogens is 623 g/mol. The molecule has 0 saturated heterocycles. The molecule has 0 saturated carbocycles. The van der Waals surface area contributed by atoms with Crippen molar-refractivity contribution >= 4 is 70.5 Å². The van der Waals surface area contributed by atoms with Gasteiger partial charge in [-0.1, -0.05) is 189 Å². The van der Waals surface area contributed by atoms with E-state index in [1.807, 2.05) is 0 Å². The minimum atomic E-state index is -2.69. The van der Waals surface area contributed by atoms with Crippen molar-refractivity contribution in [3.05, 3.63) is 188 Å². The van der Waals surface area contributed by atoms with Crippen molar-refractivity contribution < 1.29 is 0 Å². The Hall–Kier alpha value is -5.23. The molecule has 8 rings (SSSR count). The largest absolute Gasteiger partial charge is 0.309 e. The van der Waals surface area contributed by atoms with Gasteiger partial charge in [-0.2, -0.15) is 0 Å². The van der Waals surface area contributed by atoms with Gasteiger partial charge in [0.1, 0.15) is 9.52 Å². The molecule has 0 aliphatic carbocycles. The first kappa shape index (κ1) is 31.1. The predicted octanol–water partition coefficient (Wildman–Crippen LogP) is 7.11. The molecule has 1 heterocycles. The monoisotopic (exact) mass is 661 g/mol. The molecule has 0 aliphatic heterocycles. The summed E-state index contributed by atoms with van der Waals surface area (Å²) in [6.07, 6.45) is 0. The Balaban J connectivity index is 1.43. The van der Waals surface area contributed by atoms with Crippen LogP contribution in [0.15, 0.2) is 182 Å². The normalized spacial score (nSPS) is 12.1. The third-order valence-corrected chi connectivity index (χ3v) is 15.9. The summed E-state index contributed by atoms with van der Waals surface area (Å²) in [5.74, 6) is 0. The van der Waals surface area contributed by atoms with E-state index in [1.54, 1.807) is 0 Å². The van der Waals surface area contributed by atoms with Gasteiger partial charge in [-0.05, 0) is 56.0 Å². The highest BCUT2D eigenvalue weighted by atomic mass is 28.3. The van der Waals surface area contributed by atoms with E-state index in [0.717, 1.165) is 0 Å². The Bertz CT molecular complexity index is 2260. The molecule has 7 aromatic carbocycles. The summed E-state index contributed by atoms with van der Waals surface area (Å²) in [5, 5.41) is 10.9. The first-order valence-electron chi connectivity index (χ1n) is 17.1. The van der Waals surface area contributed by atoms with Crippen LogP contribution in [0.3, 0.4) is 0 Å². The zero-order valence-corrected chi connectivity index (χ0v) is 30.3. The van der Waals surface area contributed by atoms with Crippen LogP contribution in [0.2, 0.25) is 0 Å². The van der Waals surface area contributed by atoms with E-state index in [2.05, 4.69) is 207 Å². The van der Waals surface area contributed by atoms with E-state index in [0.29, 0.717) is 9.52 Å². The van der Waals surface area contributed by atoms with Crippen molar-refractivity contribution in [2.24, 2.45) is 0 Å². The highest BCUT2D eigenvalue weighted by Gasteiger charge is 2.41. The van der Waals surface area contributed by atoms with Crippen LogP contribution in [0.4, 0.5) is 0 Å². The molecule has 0 fully saturated rings. The van der Waals surface area contributed by atoms with E-state index in [4.69, 9.17) is 0 Å². The third kappa shape index (κ3) is 5.59. The van der Waals surface area contributed by atoms with Crippen LogP contribution in [0.5, 0.6) is 0 Å². The average molecular weight is 662 g/mol. The maximum absolute atomic E-state index is 2.69. The summed E-state index contributed by atoms with van der Waals surface area (Å²) < 4.78 is 2.47. The van der Waals surface area contributed by atoms with Gasteiger partial charge in [0.2, 0.25) is 0 Å². The number of benzene rings is 7. The number of hydrogen-bond acceptors (Lipinski definition) is 0. The quantitative estimate of drug-likeness (QED) is 0.127. The van der Waals surface area contributed by atoms with Crippen LogP contribution in [-0.2, 0) is 5.41 Å². The van der Waals surface area contributed by atoms with Gasteiger partial charge in [0.15, 0.2) is 8.07 Å². The molecule has 0 spiro atoms. The Kier molecular flexibility index (Phi) is 8.03. The molecular formula is C46H39NSi2. The Morgan fingerprint density at radius 3 is 1.41 bits per heavy atom. The van der Waals surface area contributed by atoms with E-state index >= 15 is 0 Å². The number of hydrogen-bond donors (Lipinski definition) is 0. The summed E-state index contributed by atoms with van der Waals surface area (Å²) >= 11 is 0. The molecule has 0 unspecified atom stereocenters. The minimum absolute atomic E-state index is 0.0990. The second-order valence-corrected chi connectivity index (χ2v) is 19.1. The highest BCUT2D eigenvalue weighted by molar-refractivity contribution is 7.20. The molecule has 0 N–H and O–H groups in total. The van der Waals surface area contributed by atoms with Gasteiger partial charge in [0.25, 0.3) is 0 Å². The van der Waals surface area contributed by atoms with Crippen molar-refractivity contribution in [3.8, 4) is 5.69 Å². The van der Waals surface area contributed by atoms with Crippen molar-refractivity contribution in [1.29, 1.82) is 0 Å². The summed E-state index contributed by atoms with van der Waals surface area (Å²) in [7, 11) is -2.09. The molecule has 1 nitrogen and oxygen atoms in total. The van der Waals surface area contributed by atoms with Crippen LogP contribution in [0.1, 0.15) is 26.3 Å². The van der Waals surface area contributed by atoms with Crippen LogP contribution in [0, 0.1) is 0 Å². The van der Waals surface area contributed by atoms with Crippen LogP contribution in [0.25, 0.3) is 27.5 Å². The predicted molar refractivity (Wildman–Crippen MR) is 215 cm³/mol. The van der Waals surface area contributed by atoms with Gasteiger partial charge in [-0.15, -0.1) is 0 Å². The molecule has 8 aromatic rings. The molecule has 0 bridgehead atoms. The van der Waals surface area contributed by atoms with Crippen molar-refractivity contribution in [2.45, 2.75) is 26.2 Å². The third-order valence-electron chi connectivity index (χ3n) is 9.87. The second-order valence-electron chi connectivity index (χ2n) is 13.9. The Morgan fingerprint density at radius 2 is 0.898 bits per heavy atom. The summed E-state index contributed by atoms with van der Waals surface area (Å²) in [5.41, 5.74) is 5.11. The maximum Gasteiger partial charge on any atom is 0.179 e. The summed E-state index contributed by atoms with van der Waals surface area (Å²) in [6, 6.07) is 68.2. The summed E-state index contributed by atoms with van der Waals surface area (Å²) in [4.78, 5) is 0. The van der Waals surface area contributed by atoms with Crippen LogP contribution in [-0.4, -0.2) is 22.2 Å². The average Bonchev–Trinajstić information content (AvgIpc) is 3.46. The number of fused-ring (bicyclic) bond motifs is 3. The van der Waals surface area contributed by atoms with Gasteiger partial charge in [-0.25, -0.2) is 0 Å². The first-order valence-corrected chi connectivity index (χ1v) is 20.1.